The van der Waals surface area contributed by atoms with Crippen LogP contribution >= 0.6 is 0 Å². The van der Waals surface area contributed by atoms with Crippen LogP contribution < -0.4 is 10.6 Å². The Bertz CT molecular complexity index is 337. The predicted octanol–water partition coefficient (Wildman–Crippen LogP) is 1.08. The first-order valence-corrected chi connectivity index (χ1v) is 9.10. The average molecular weight is 326 g/mol. The lowest BCUT2D eigenvalue weighted by molar-refractivity contribution is 0.0420. The maximum Gasteiger partial charge on any atom is 0.190 e. The van der Waals surface area contributed by atoms with Gasteiger partial charge < -0.3 is 25.0 Å². The number of hydrogen-bond acceptors (Lipinski definition) is 4. The molecule has 0 radical (unpaired) electrons. The Morgan fingerprint density at radius 2 is 2.00 bits per heavy atom. The van der Waals surface area contributed by atoms with Gasteiger partial charge in [-0.15, -0.1) is 0 Å². The predicted molar refractivity (Wildman–Crippen MR) is 94.0 cm³/mol. The molecule has 0 aromatic heterocycles. The van der Waals surface area contributed by atoms with Crippen LogP contribution in [-0.2, 0) is 9.47 Å². The van der Waals surface area contributed by atoms with E-state index in [-0.39, 0.29) is 0 Å². The van der Waals surface area contributed by atoms with E-state index in [0.717, 1.165) is 57.6 Å². The third-order valence-corrected chi connectivity index (χ3v) is 4.76. The molecular formula is C17H34N4O2. The molecule has 2 N–H and O–H groups in total. The van der Waals surface area contributed by atoms with Crippen molar-refractivity contribution in [2.75, 3.05) is 60.1 Å². The molecule has 2 fully saturated rings. The Morgan fingerprint density at radius 3 is 2.70 bits per heavy atom. The molecular weight excluding hydrogens is 292 g/mol. The number of nitrogens with zero attached hydrogens (tertiary/aromatic N) is 2. The quantitative estimate of drug-likeness (QED) is 0.397. The average Bonchev–Trinajstić information content (AvgIpc) is 3.08. The van der Waals surface area contributed by atoms with Crippen LogP contribution in [0.15, 0.2) is 4.99 Å². The second-order valence-electron chi connectivity index (χ2n) is 6.67. The molecule has 0 saturated carbocycles. The maximum atomic E-state index is 5.76. The van der Waals surface area contributed by atoms with E-state index in [2.05, 4.69) is 27.6 Å². The lowest BCUT2D eigenvalue weighted by atomic mass is 9.94. The molecule has 2 aliphatic rings. The third-order valence-electron chi connectivity index (χ3n) is 4.76. The van der Waals surface area contributed by atoms with Gasteiger partial charge in [0, 0.05) is 33.4 Å². The number of likely N-dealkylation sites (tertiary alicyclic amines) is 1. The van der Waals surface area contributed by atoms with Gasteiger partial charge in [0.25, 0.3) is 0 Å². The Hall–Kier alpha value is -0.850. The molecule has 0 bridgehead atoms. The SMILES string of the molecule is CN=C(NCCCOC1CCOC1)NCCC1CCN(C)CC1. The number of piperidine rings is 1. The minimum absolute atomic E-state index is 0.307. The summed E-state index contributed by atoms with van der Waals surface area (Å²) in [6.07, 6.45) is 6.22. The van der Waals surface area contributed by atoms with Gasteiger partial charge in [0.15, 0.2) is 5.96 Å². The van der Waals surface area contributed by atoms with Crippen molar-refractivity contribution >= 4 is 5.96 Å². The van der Waals surface area contributed by atoms with Crippen molar-refractivity contribution in [3.8, 4) is 0 Å². The maximum absolute atomic E-state index is 5.76. The molecule has 1 atom stereocenters. The number of nitrogens with one attached hydrogen (secondary N) is 2. The van der Waals surface area contributed by atoms with Crippen LogP contribution in [0.3, 0.4) is 0 Å². The fourth-order valence-corrected chi connectivity index (χ4v) is 3.14. The summed E-state index contributed by atoms with van der Waals surface area (Å²) in [7, 11) is 4.04. The van der Waals surface area contributed by atoms with Crippen molar-refractivity contribution in [3.63, 3.8) is 0 Å². The van der Waals surface area contributed by atoms with Gasteiger partial charge in [0.2, 0.25) is 0 Å². The van der Waals surface area contributed by atoms with Crippen LogP contribution in [-0.4, -0.2) is 77.1 Å². The number of ether oxygens (including phenoxy) is 2. The van der Waals surface area contributed by atoms with Crippen LogP contribution in [0.5, 0.6) is 0 Å². The smallest absolute Gasteiger partial charge is 0.190 e. The van der Waals surface area contributed by atoms with Crippen LogP contribution in [0.4, 0.5) is 0 Å². The molecule has 0 aromatic carbocycles. The molecule has 2 saturated heterocycles. The van der Waals surface area contributed by atoms with Crippen molar-refractivity contribution in [1.29, 1.82) is 0 Å². The first-order valence-electron chi connectivity index (χ1n) is 9.10. The molecule has 0 amide bonds. The highest BCUT2D eigenvalue weighted by atomic mass is 16.5. The summed E-state index contributed by atoms with van der Waals surface area (Å²) in [6.45, 7) is 6.76. The van der Waals surface area contributed by atoms with Crippen LogP contribution in [0.2, 0.25) is 0 Å². The summed E-state index contributed by atoms with van der Waals surface area (Å²) in [5, 5.41) is 6.78. The van der Waals surface area contributed by atoms with Gasteiger partial charge in [-0.2, -0.15) is 0 Å². The highest BCUT2D eigenvalue weighted by Gasteiger charge is 2.16. The van der Waals surface area contributed by atoms with Gasteiger partial charge in [-0.1, -0.05) is 0 Å². The number of guanidine groups is 1. The van der Waals surface area contributed by atoms with Crippen molar-refractivity contribution in [2.24, 2.45) is 10.9 Å². The molecule has 6 nitrogen and oxygen atoms in total. The second-order valence-corrected chi connectivity index (χ2v) is 6.67. The van der Waals surface area contributed by atoms with Gasteiger partial charge in [-0.05, 0) is 58.2 Å². The molecule has 134 valence electrons. The zero-order valence-corrected chi connectivity index (χ0v) is 14.9. The van der Waals surface area contributed by atoms with E-state index in [0.29, 0.717) is 6.10 Å². The zero-order chi connectivity index (χ0) is 16.3. The highest BCUT2D eigenvalue weighted by molar-refractivity contribution is 5.79. The molecule has 0 spiro atoms. The van der Waals surface area contributed by atoms with Gasteiger partial charge >= 0.3 is 0 Å². The number of hydrogen-bond donors (Lipinski definition) is 2. The van der Waals surface area contributed by atoms with Gasteiger partial charge in [0.1, 0.15) is 0 Å². The third kappa shape index (κ3) is 7.50. The molecule has 23 heavy (non-hydrogen) atoms. The molecule has 0 aromatic rings. The fraction of sp³-hybridized carbons (Fsp3) is 0.941. The van der Waals surface area contributed by atoms with E-state index in [1.807, 2.05) is 7.05 Å². The fourth-order valence-electron chi connectivity index (χ4n) is 3.14. The van der Waals surface area contributed by atoms with Gasteiger partial charge in [-0.25, -0.2) is 0 Å². The standard InChI is InChI=1S/C17H34N4O2/c1-18-17(19-8-3-12-23-16-7-13-22-14-16)20-9-4-15-5-10-21(2)11-6-15/h15-16H,3-14H2,1-2H3,(H2,18,19,20). The summed E-state index contributed by atoms with van der Waals surface area (Å²) in [4.78, 5) is 6.70. The lowest BCUT2D eigenvalue weighted by Crippen LogP contribution is -2.39. The monoisotopic (exact) mass is 326 g/mol. The largest absolute Gasteiger partial charge is 0.379 e. The van der Waals surface area contributed by atoms with E-state index in [1.54, 1.807) is 0 Å². The lowest BCUT2D eigenvalue weighted by Gasteiger charge is -2.29. The Balaban J connectivity index is 1.46. The topological polar surface area (TPSA) is 58.1 Å². The molecule has 2 heterocycles. The minimum atomic E-state index is 0.307. The van der Waals surface area contributed by atoms with Crippen molar-refractivity contribution < 1.29 is 9.47 Å². The Morgan fingerprint density at radius 1 is 1.22 bits per heavy atom. The van der Waals surface area contributed by atoms with E-state index < -0.39 is 0 Å². The Kier molecular flexibility index (Phi) is 8.71. The van der Waals surface area contributed by atoms with Gasteiger partial charge in [-0.3, -0.25) is 4.99 Å². The van der Waals surface area contributed by atoms with Crippen LogP contribution in [0, 0.1) is 5.92 Å². The van der Waals surface area contributed by atoms with Crippen molar-refractivity contribution in [2.45, 2.75) is 38.2 Å². The first kappa shape index (κ1) is 18.5. The van der Waals surface area contributed by atoms with E-state index >= 15 is 0 Å². The zero-order valence-electron chi connectivity index (χ0n) is 14.9. The van der Waals surface area contributed by atoms with Crippen molar-refractivity contribution in [3.05, 3.63) is 0 Å². The summed E-state index contributed by atoms with van der Waals surface area (Å²) in [5.41, 5.74) is 0. The summed E-state index contributed by atoms with van der Waals surface area (Å²) in [5.74, 6) is 1.76. The van der Waals surface area contributed by atoms with E-state index in [4.69, 9.17) is 9.47 Å². The number of aliphatic imine (C=N–C) groups is 1. The van der Waals surface area contributed by atoms with Crippen molar-refractivity contribution in [1.82, 2.24) is 15.5 Å². The minimum Gasteiger partial charge on any atom is -0.379 e. The summed E-state index contributed by atoms with van der Waals surface area (Å²) in [6, 6.07) is 0. The van der Waals surface area contributed by atoms with Crippen LogP contribution in [0.1, 0.15) is 32.1 Å². The molecule has 2 aliphatic heterocycles. The molecule has 2 rings (SSSR count). The normalized spacial score (nSPS) is 24.1. The first-order chi connectivity index (χ1) is 11.3. The van der Waals surface area contributed by atoms with E-state index in [1.165, 1.54) is 32.4 Å². The highest BCUT2D eigenvalue weighted by Crippen LogP contribution is 2.18. The van der Waals surface area contributed by atoms with Gasteiger partial charge in [0.05, 0.1) is 12.7 Å². The number of rotatable bonds is 8. The summed E-state index contributed by atoms with van der Waals surface area (Å²) >= 11 is 0. The molecule has 1 unspecified atom stereocenters. The summed E-state index contributed by atoms with van der Waals surface area (Å²) < 4.78 is 11.1. The Labute approximate surface area is 141 Å². The molecule has 6 heteroatoms. The molecule has 0 aliphatic carbocycles. The van der Waals surface area contributed by atoms with Crippen LogP contribution in [0.25, 0.3) is 0 Å². The second kappa shape index (κ2) is 10.8. The van der Waals surface area contributed by atoms with E-state index in [9.17, 15) is 0 Å².